The van der Waals surface area contributed by atoms with E-state index < -0.39 is 157 Å². The molecule has 0 aliphatic heterocycles. The number of urea groups is 1. The third kappa shape index (κ3) is 25.5. The molecule has 0 unspecified atom stereocenters. The van der Waals surface area contributed by atoms with Crippen molar-refractivity contribution in [3.8, 4) is 0 Å². The number of unbranched alkanes of at least 4 members (excludes halogenated alkanes) is 1. The fourth-order valence-corrected chi connectivity index (χ4v) is 6.32. The Labute approximate surface area is 397 Å². The van der Waals surface area contributed by atoms with E-state index >= 15 is 0 Å². The molecule has 12 amide bonds. The maximum absolute atomic E-state index is 14.1. The minimum Gasteiger partial charge on any atom is -0.481 e. The predicted molar refractivity (Wildman–Crippen MR) is 241 cm³/mol. The van der Waals surface area contributed by atoms with Crippen LogP contribution in [0.4, 0.5) is 4.79 Å². The summed E-state index contributed by atoms with van der Waals surface area (Å²) in [6.07, 6.45) is -2.53. The smallest absolute Gasteiger partial charge is 0.326 e. The van der Waals surface area contributed by atoms with Crippen LogP contribution in [0.2, 0.25) is 0 Å². The van der Waals surface area contributed by atoms with Crippen molar-refractivity contribution >= 4 is 77.0 Å². The number of rotatable bonds is 35. The summed E-state index contributed by atoms with van der Waals surface area (Å²) in [5.74, 6) is -15.2. The minimum absolute atomic E-state index is 0.00238. The summed E-state index contributed by atoms with van der Waals surface area (Å²) < 4.78 is 0. The number of aliphatic carboxylic acids is 2. The molecule has 0 spiro atoms. The van der Waals surface area contributed by atoms with E-state index in [1.165, 1.54) is 0 Å². The number of nitrogens with one attached hydrogen (secondary N) is 8. The van der Waals surface area contributed by atoms with Crippen LogP contribution in [-0.4, -0.2) is 149 Å². The van der Waals surface area contributed by atoms with Gasteiger partial charge in [0.05, 0.1) is 31.7 Å². The highest BCUT2D eigenvalue weighted by Gasteiger charge is 2.37. The lowest BCUT2D eigenvalue weighted by molar-refractivity contribution is -0.144. The molecule has 0 aromatic carbocycles. The molecule has 0 heterocycles. The van der Waals surface area contributed by atoms with E-state index in [2.05, 4.69) is 37.2 Å². The Morgan fingerprint density at radius 2 is 0.913 bits per heavy atom. The third-order valence-corrected chi connectivity index (χ3v) is 10.1. The fourth-order valence-electron chi connectivity index (χ4n) is 6.32. The summed E-state index contributed by atoms with van der Waals surface area (Å²) in [6.45, 7) is 6.78. The van der Waals surface area contributed by atoms with E-state index in [4.69, 9.17) is 34.4 Å². The van der Waals surface area contributed by atoms with Gasteiger partial charge in [0.2, 0.25) is 59.1 Å². The number of nitrogens with two attached hydrogens (primary N) is 6. The van der Waals surface area contributed by atoms with Crippen LogP contribution in [0.1, 0.15) is 98.3 Å². The molecule has 0 rings (SSSR count). The Bertz CT molecular complexity index is 1850. The van der Waals surface area contributed by atoms with Gasteiger partial charge in [0.25, 0.3) is 0 Å². The highest BCUT2D eigenvalue weighted by Crippen LogP contribution is 2.13. The first kappa shape index (κ1) is 61.8. The highest BCUT2D eigenvalue weighted by atomic mass is 16.4. The van der Waals surface area contributed by atoms with Crippen LogP contribution in [0.3, 0.4) is 0 Å². The van der Waals surface area contributed by atoms with Crippen molar-refractivity contribution < 1.29 is 72.5 Å². The predicted octanol–water partition coefficient (Wildman–Crippen LogP) is -6.44. The largest absolute Gasteiger partial charge is 0.481 e. The molecule has 22 N–H and O–H groups in total. The van der Waals surface area contributed by atoms with E-state index in [1.807, 2.05) is 5.32 Å². The summed E-state index contributed by atoms with van der Waals surface area (Å²) in [6, 6.07) is -13.9. The molecule has 0 aliphatic rings. The van der Waals surface area contributed by atoms with Crippen LogP contribution < -0.4 is 76.9 Å². The average molecular weight is 987 g/mol. The van der Waals surface area contributed by atoms with Gasteiger partial charge in [-0.1, -0.05) is 40.5 Å². The standard InChI is InChI=1S/C40H70N14O15/c1-5-19(4)31(54-37(65)25(17-30(58)59)49-32(60)20(42)9-6-7-11-41)38(66)48-21(10-8-12-47-40(46)69)33(61)50-22(13-18(2)3)34(62)51-23(14-27(43)55)35(63)52-24(15-28(44)56)36(64)53-26(39(67)68)16-29(45)57/h18-26,31H,5-17,41-42H2,1-4H3,(H2,43,55)(H2,44,56)(H2,45,57)(H,48,66)(H,49,60)(H,50,61)(H,51,62)(H,52,63)(H,53,64)(H,54,65)(H,58,59)(H,67,68)(H3,46,47,69)/t19-,20-,21-,22-,23-,24-,25-,26-,31-/m0/s1. The molecule has 0 bridgehead atoms. The van der Waals surface area contributed by atoms with Crippen LogP contribution >= 0.6 is 0 Å². The molecule has 9 atom stereocenters. The third-order valence-electron chi connectivity index (χ3n) is 10.1. The second-order valence-corrected chi connectivity index (χ2v) is 16.6. The first-order valence-corrected chi connectivity index (χ1v) is 22.0. The number of hydrogen-bond donors (Lipinski definition) is 16. The van der Waals surface area contributed by atoms with E-state index in [0.29, 0.717) is 19.4 Å². The van der Waals surface area contributed by atoms with Crippen molar-refractivity contribution in [1.82, 2.24) is 42.5 Å². The maximum atomic E-state index is 14.1. The van der Waals surface area contributed by atoms with E-state index in [9.17, 15) is 72.5 Å². The van der Waals surface area contributed by atoms with E-state index in [0.717, 1.165) is 0 Å². The number of carbonyl (C=O) groups excluding carboxylic acids is 11. The monoisotopic (exact) mass is 987 g/mol. The molecule has 29 heteroatoms. The maximum Gasteiger partial charge on any atom is 0.326 e. The summed E-state index contributed by atoms with van der Waals surface area (Å²) >= 11 is 0. The quantitative estimate of drug-likeness (QED) is 0.0263. The van der Waals surface area contributed by atoms with E-state index in [1.54, 1.807) is 27.7 Å². The van der Waals surface area contributed by atoms with Gasteiger partial charge in [0.1, 0.15) is 42.3 Å². The zero-order chi connectivity index (χ0) is 53.1. The molecule has 0 radical (unpaired) electrons. The molecule has 0 aliphatic carbocycles. The van der Waals surface area contributed by atoms with Gasteiger partial charge >= 0.3 is 18.0 Å². The van der Waals surface area contributed by atoms with Crippen molar-refractivity contribution in [2.45, 2.75) is 147 Å². The van der Waals surface area contributed by atoms with Gasteiger partial charge < -0.3 is 87.1 Å². The summed E-state index contributed by atoms with van der Waals surface area (Å²) in [5.41, 5.74) is 32.2. The van der Waals surface area contributed by atoms with Crippen molar-refractivity contribution in [1.29, 1.82) is 0 Å². The van der Waals surface area contributed by atoms with Crippen LogP contribution in [-0.2, 0) is 57.5 Å². The molecule has 0 aromatic rings. The topological polar surface area (TPSA) is 515 Å². The van der Waals surface area contributed by atoms with Gasteiger partial charge in [-0.3, -0.25) is 52.7 Å². The van der Waals surface area contributed by atoms with Gasteiger partial charge in [-0.25, -0.2) is 9.59 Å². The number of primary amides is 4. The lowest BCUT2D eigenvalue weighted by Crippen LogP contribution is -2.61. The number of carbonyl (C=O) groups is 13. The van der Waals surface area contributed by atoms with Gasteiger partial charge in [0, 0.05) is 6.54 Å². The van der Waals surface area contributed by atoms with Gasteiger partial charge in [0.15, 0.2) is 0 Å². The van der Waals surface area contributed by atoms with Crippen LogP contribution in [0.25, 0.3) is 0 Å². The van der Waals surface area contributed by atoms with Crippen molar-refractivity contribution in [2.24, 2.45) is 46.2 Å². The Hall–Kier alpha value is -7.17. The molecule has 69 heavy (non-hydrogen) atoms. The van der Waals surface area contributed by atoms with Crippen molar-refractivity contribution in [3.63, 3.8) is 0 Å². The summed E-state index contributed by atoms with van der Waals surface area (Å²) in [4.78, 5) is 165. The SMILES string of the molecule is CC[C@H](C)[C@H](NC(=O)[C@H](CC(=O)O)NC(=O)[C@@H](N)CCCCN)C(=O)N[C@@H](CCCNC(N)=O)C(=O)N[C@@H](CC(C)C)C(=O)N[C@@H](CC(N)=O)C(=O)N[C@@H](CC(N)=O)C(=O)N[C@@H](CC(N)=O)C(=O)O. The first-order valence-electron chi connectivity index (χ1n) is 22.0. The zero-order valence-corrected chi connectivity index (χ0v) is 39.1. The fraction of sp³-hybridized carbons (Fsp3) is 0.675. The number of carboxylic acids is 2. The molecule has 29 nitrogen and oxygen atoms in total. The molecule has 390 valence electrons. The molecule has 0 aromatic heterocycles. The number of hydrogen-bond acceptors (Lipinski definition) is 15. The Balaban J connectivity index is 6.75. The van der Waals surface area contributed by atoms with Gasteiger partial charge in [-0.05, 0) is 50.5 Å². The summed E-state index contributed by atoms with van der Waals surface area (Å²) in [5, 5.41) is 37.3. The molecular weight excluding hydrogens is 917 g/mol. The zero-order valence-electron chi connectivity index (χ0n) is 39.1. The lowest BCUT2D eigenvalue weighted by atomic mass is 9.96. The molecule has 0 saturated carbocycles. The Morgan fingerprint density at radius 1 is 0.493 bits per heavy atom. The normalized spacial score (nSPS) is 14.8. The van der Waals surface area contributed by atoms with Crippen LogP contribution in [0.15, 0.2) is 0 Å². The Kier molecular flexibility index (Phi) is 28.4. The van der Waals surface area contributed by atoms with Crippen molar-refractivity contribution in [3.05, 3.63) is 0 Å². The molecular formula is C40H70N14O15. The second-order valence-electron chi connectivity index (χ2n) is 16.6. The van der Waals surface area contributed by atoms with Gasteiger partial charge in [-0.2, -0.15) is 0 Å². The second kappa shape index (κ2) is 31.7. The highest BCUT2D eigenvalue weighted by molar-refractivity contribution is 6.00. The molecule has 0 fully saturated rings. The number of carboxylic acid groups (broad SMARTS) is 2. The average Bonchev–Trinajstić information content (AvgIpc) is 3.23. The van der Waals surface area contributed by atoms with E-state index in [-0.39, 0.29) is 44.6 Å². The minimum atomic E-state index is -1.92. The van der Waals surface area contributed by atoms with Gasteiger partial charge in [-0.15, -0.1) is 0 Å². The number of amides is 12. The first-order chi connectivity index (χ1) is 32.1. The lowest BCUT2D eigenvalue weighted by Gasteiger charge is -2.29. The molecule has 0 saturated heterocycles. The van der Waals surface area contributed by atoms with Crippen LogP contribution in [0, 0.1) is 11.8 Å². The van der Waals surface area contributed by atoms with Crippen molar-refractivity contribution in [2.75, 3.05) is 13.1 Å². The Morgan fingerprint density at radius 3 is 1.36 bits per heavy atom. The van der Waals surface area contributed by atoms with Crippen LogP contribution in [0.5, 0.6) is 0 Å². The summed E-state index contributed by atoms with van der Waals surface area (Å²) in [7, 11) is 0.